The van der Waals surface area contributed by atoms with Crippen molar-refractivity contribution in [1.29, 1.82) is 0 Å². The van der Waals surface area contributed by atoms with Crippen LogP contribution in [-0.4, -0.2) is 35.0 Å². The van der Waals surface area contributed by atoms with Crippen LogP contribution in [-0.2, 0) is 9.59 Å². The topological polar surface area (TPSA) is 89.0 Å². The van der Waals surface area contributed by atoms with Crippen LogP contribution in [0.3, 0.4) is 0 Å². The van der Waals surface area contributed by atoms with Crippen molar-refractivity contribution in [3.63, 3.8) is 0 Å². The lowest BCUT2D eigenvalue weighted by Gasteiger charge is -2.23. The number of amides is 1. The summed E-state index contributed by atoms with van der Waals surface area (Å²) in [6, 6.07) is 15.5. The van der Waals surface area contributed by atoms with Gasteiger partial charge in [-0.25, -0.2) is 4.98 Å². The van der Waals surface area contributed by atoms with Gasteiger partial charge in [0.2, 0.25) is 0 Å². The van der Waals surface area contributed by atoms with Crippen LogP contribution in [0.1, 0.15) is 28.3 Å². The van der Waals surface area contributed by atoms with Gasteiger partial charge in [-0.05, 0) is 66.9 Å². The Kier molecular flexibility index (Phi) is 5.77. The molecule has 2 aliphatic heterocycles. The maximum absolute atomic E-state index is 13.5. The van der Waals surface area contributed by atoms with E-state index in [1.54, 1.807) is 18.2 Å². The molecule has 37 heavy (non-hydrogen) atoms. The molecule has 1 amide bonds. The number of Topliss-reactive ketones (excluding diaryl/α,β-unsaturated/α-hetero) is 1. The zero-order valence-electron chi connectivity index (χ0n) is 19.9. The molecule has 0 radical (unpaired) electrons. The Morgan fingerprint density at radius 3 is 2.51 bits per heavy atom. The minimum atomic E-state index is -0.858. The Morgan fingerprint density at radius 1 is 1.03 bits per heavy atom. The molecule has 1 N–H and O–H groups in total. The molecule has 0 aliphatic carbocycles. The van der Waals surface area contributed by atoms with Gasteiger partial charge < -0.3 is 14.6 Å². The third-order valence-electron chi connectivity index (χ3n) is 6.47. The van der Waals surface area contributed by atoms with E-state index < -0.39 is 17.7 Å². The molecule has 4 aromatic rings. The molecule has 7 nitrogen and oxygen atoms in total. The monoisotopic (exact) mass is 576 g/mol. The molecule has 0 saturated carbocycles. The second kappa shape index (κ2) is 9.00. The number of rotatable bonds is 3. The maximum Gasteiger partial charge on any atom is 0.301 e. The van der Waals surface area contributed by atoms with Gasteiger partial charge in [-0.1, -0.05) is 45.5 Å². The molecule has 3 aromatic carbocycles. The number of benzene rings is 3. The first-order valence-corrected chi connectivity index (χ1v) is 13.3. The van der Waals surface area contributed by atoms with Gasteiger partial charge in [0.1, 0.15) is 19.0 Å². The van der Waals surface area contributed by atoms with E-state index in [-0.39, 0.29) is 11.3 Å². The number of nitrogens with zero attached hydrogens (tertiary/aromatic N) is 2. The minimum absolute atomic E-state index is 0.00356. The molecule has 0 bridgehead atoms. The Labute approximate surface area is 225 Å². The number of halogens is 1. The second-order valence-corrected chi connectivity index (χ2v) is 10.9. The summed E-state index contributed by atoms with van der Waals surface area (Å²) >= 11 is 4.80. The number of thiazole rings is 1. The average Bonchev–Trinajstić information content (AvgIpc) is 3.42. The van der Waals surface area contributed by atoms with E-state index in [1.807, 2.05) is 50.2 Å². The predicted octanol–water partition coefficient (Wildman–Crippen LogP) is 6.07. The van der Waals surface area contributed by atoms with Crippen molar-refractivity contribution in [3.05, 3.63) is 86.9 Å². The van der Waals surface area contributed by atoms with Crippen LogP contribution in [0, 0.1) is 13.8 Å². The summed E-state index contributed by atoms with van der Waals surface area (Å²) in [5.74, 6) is -0.749. The van der Waals surface area contributed by atoms with Crippen molar-refractivity contribution in [3.8, 4) is 11.5 Å². The van der Waals surface area contributed by atoms with Gasteiger partial charge in [0.25, 0.3) is 5.78 Å². The quantitative estimate of drug-likeness (QED) is 0.181. The van der Waals surface area contributed by atoms with Gasteiger partial charge in [0, 0.05) is 10.0 Å². The zero-order chi connectivity index (χ0) is 25.8. The van der Waals surface area contributed by atoms with Crippen molar-refractivity contribution in [2.24, 2.45) is 0 Å². The van der Waals surface area contributed by atoms with E-state index in [2.05, 4.69) is 15.9 Å². The Bertz CT molecular complexity index is 1630. The number of hydrogen-bond acceptors (Lipinski definition) is 7. The Balaban J connectivity index is 1.55. The SMILES string of the molecule is Cc1cc(C)c2nc(N3C(=O)C(=O)/C(=C(/O)c4ccc5c(c4)OCCO5)[C@H]3c3ccc(Br)cc3)sc2c1. The number of hydrogen-bond donors (Lipinski definition) is 1. The van der Waals surface area contributed by atoms with Crippen molar-refractivity contribution >= 4 is 60.1 Å². The molecule has 1 aromatic heterocycles. The van der Waals surface area contributed by atoms with Gasteiger partial charge in [0.15, 0.2) is 16.6 Å². The summed E-state index contributed by atoms with van der Waals surface area (Å²) in [6.07, 6.45) is 0. The number of anilines is 1. The zero-order valence-corrected chi connectivity index (χ0v) is 22.4. The van der Waals surface area contributed by atoms with Crippen LogP contribution < -0.4 is 14.4 Å². The number of ketones is 1. The molecular weight excluding hydrogens is 556 g/mol. The fourth-order valence-electron chi connectivity index (χ4n) is 4.80. The molecule has 186 valence electrons. The van der Waals surface area contributed by atoms with Gasteiger partial charge in [-0.2, -0.15) is 0 Å². The first-order chi connectivity index (χ1) is 17.8. The minimum Gasteiger partial charge on any atom is -0.507 e. The largest absolute Gasteiger partial charge is 0.507 e. The summed E-state index contributed by atoms with van der Waals surface area (Å²) in [5, 5.41) is 11.8. The van der Waals surface area contributed by atoms with Crippen LogP contribution in [0.4, 0.5) is 5.13 Å². The van der Waals surface area contributed by atoms with Gasteiger partial charge >= 0.3 is 5.91 Å². The molecule has 3 heterocycles. The van der Waals surface area contributed by atoms with Crippen LogP contribution >= 0.6 is 27.3 Å². The summed E-state index contributed by atoms with van der Waals surface area (Å²) in [7, 11) is 0. The summed E-state index contributed by atoms with van der Waals surface area (Å²) in [5.41, 5.74) is 3.90. The van der Waals surface area contributed by atoms with Crippen molar-refractivity contribution in [2.75, 3.05) is 18.1 Å². The summed E-state index contributed by atoms with van der Waals surface area (Å²) in [4.78, 5) is 33.1. The molecule has 1 fully saturated rings. The van der Waals surface area contributed by atoms with Crippen LogP contribution in [0.5, 0.6) is 11.5 Å². The molecule has 2 aliphatic rings. The van der Waals surface area contributed by atoms with Crippen LogP contribution in [0.15, 0.2) is 64.6 Å². The number of aliphatic hydroxyl groups is 1. The Morgan fingerprint density at radius 2 is 1.76 bits per heavy atom. The standard InChI is InChI=1S/C28H21BrN2O5S/c1-14-11-15(2)23-21(12-14)37-28(30-23)31-24(16-3-6-18(29)7-4-16)22(26(33)27(31)34)25(32)17-5-8-19-20(13-17)36-10-9-35-19/h3-8,11-13,24,32H,9-10H2,1-2H3/b25-22+/t24-/m1/s1. The molecule has 1 saturated heterocycles. The van der Waals surface area contributed by atoms with E-state index in [0.717, 1.165) is 25.8 Å². The van der Waals surface area contributed by atoms with Gasteiger partial charge in [0.05, 0.1) is 21.8 Å². The number of aliphatic hydroxyl groups excluding tert-OH is 1. The Hall–Kier alpha value is -3.69. The number of fused-ring (bicyclic) bond motifs is 2. The van der Waals surface area contributed by atoms with Crippen molar-refractivity contribution in [1.82, 2.24) is 4.98 Å². The number of carbonyl (C=O) groups excluding carboxylic acids is 2. The fourth-order valence-corrected chi connectivity index (χ4v) is 6.23. The lowest BCUT2D eigenvalue weighted by Crippen LogP contribution is -2.29. The fraction of sp³-hybridized carbons (Fsp3) is 0.179. The number of aryl methyl sites for hydroxylation is 2. The predicted molar refractivity (Wildman–Crippen MR) is 145 cm³/mol. The highest BCUT2D eigenvalue weighted by atomic mass is 79.9. The molecule has 9 heteroatoms. The second-order valence-electron chi connectivity index (χ2n) is 9.00. The molecular formula is C28H21BrN2O5S. The highest BCUT2D eigenvalue weighted by molar-refractivity contribution is 9.10. The van der Waals surface area contributed by atoms with Crippen molar-refractivity contribution < 1.29 is 24.2 Å². The van der Waals surface area contributed by atoms with Gasteiger partial charge in [-0.3, -0.25) is 14.5 Å². The van der Waals surface area contributed by atoms with E-state index >= 15 is 0 Å². The average molecular weight is 577 g/mol. The van der Waals surface area contributed by atoms with E-state index in [0.29, 0.717) is 41.0 Å². The first-order valence-electron chi connectivity index (χ1n) is 11.7. The highest BCUT2D eigenvalue weighted by Gasteiger charge is 2.48. The highest BCUT2D eigenvalue weighted by Crippen LogP contribution is 2.45. The summed E-state index contributed by atoms with van der Waals surface area (Å²) < 4.78 is 13.0. The van der Waals surface area contributed by atoms with Gasteiger partial charge in [-0.15, -0.1) is 0 Å². The maximum atomic E-state index is 13.5. The number of aromatic nitrogens is 1. The van der Waals surface area contributed by atoms with Crippen LogP contribution in [0.25, 0.3) is 16.0 Å². The van der Waals surface area contributed by atoms with E-state index in [9.17, 15) is 14.7 Å². The van der Waals surface area contributed by atoms with Crippen LogP contribution in [0.2, 0.25) is 0 Å². The summed E-state index contributed by atoms with van der Waals surface area (Å²) in [6.45, 7) is 4.80. The van der Waals surface area contributed by atoms with Crippen molar-refractivity contribution in [2.45, 2.75) is 19.9 Å². The van der Waals surface area contributed by atoms with E-state index in [1.165, 1.54) is 16.2 Å². The number of ether oxygens (including phenoxy) is 2. The molecule has 0 spiro atoms. The lowest BCUT2D eigenvalue weighted by molar-refractivity contribution is -0.132. The normalized spacial score (nSPS) is 18.6. The molecule has 1 atom stereocenters. The lowest BCUT2D eigenvalue weighted by atomic mass is 9.95. The molecule has 6 rings (SSSR count). The molecule has 0 unspecified atom stereocenters. The third-order valence-corrected chi connectivity index (χ3v) is 8.00. The van der Waals surface area contributed by atoms with E-state index in [4.69, 9.17) is 14.5 Å². The third kappa shape index (κ3) is 3.98. The first kappa shape index (κ1) is 23.7. The smallest absolute Gasteiger partial charge is 0.301 e. The number of carbonyl (C=O) groups is 2.